The van der Waals surface area contributed by atoms with Crippen LogP contribution in [0.2, 0.25) is 0 Å². The number of benzene rings is 2. The van der Waals surface area contributed by atoms with Crippen LogP contribution in [0.5, 0.6) is 11.5 Å². The first-order chi connectivity index (χ1) is 8.60. The first-order valence-corrected chi connectivity index (χ1v) is 6.50. The third-order valence-corrected chi connectivity index (χ3v) is 3.10. The molecule has 0 unspecified atom stereocenters. The Morgan fingerprint density at radius 3 is 2.44 bits per heavy atom. The molecular weight excluding hydrogens is 302 g/mol. The quantitative estimate of drug-likeness (QED) is 0.728. The van der Waals surface area contributed by atoms with Gasteiger partial charge in [0.25, 0.3) is 0 Å². The van der Waals surface area contributed by atoms with E-state index in [-0.39, 0.29) is 11.5 Å². The van der Waals surface area contributed by atoms with Crippen molar-refractivity contribution >= 4 is 15.9 Å². The number of rotatable bonds is 3. The van der Waals surface area contributed by atoms with Crippen molar-refractivity contribution in [2.24, 2.45) is 0 Å². The van der Waals surface area contributed by atoms with E-state index in [4.69, 9.17) is 4.74 Å². The van der Waals surface area contributed by atoms with Crippen LogP contribution in [0.15, 0.2) is 36.4 Å². The number of alkyl halides is 1. The molecule has 1 nitrogen and oxygen atoms in total. The van der Waals surface area contributed by atoms with Gasteiger partial charge < -0.3 is 4.74 Å². The Kier molecular flexibility index (Phi) is 3.97. The molecule has 0 saturated carbocycles. The van der Waals surface area contributed by atoms with Gasteiger partial charge in [-0.3, -0.25) is 0 Å². The highest BCUT2D eigenvalue weighted by Gasteiger charge is 2.09. The van der Waals surface area contributed by atoms with E-state index in [9.17, 15) is 8.78 Å². The third kappa shape index (κ3) is 2.88. The summed E-state index contributed by atoms with van der Waals surface area (Å²) >= 11 is 3.24. The highest BCUT2D eigenvalue weighted by atomic mass is 79.9. The van der Waals surface area contributed by atoms with Crippen molar-refractivity contribution in [1.82, 2.24) is 0 Å². The number of ether oxygens (including phenoxy) is 1. The number of halogens is 3. The van der Waals surface area contributed by atoms with Crippen LogP contribution in [0.3, 0.4) is 0 Å². The minimum absolute atomic E-state index is 0.0178. The molecule has 0 heterocycles. The molecule has 0 saturated heterocycles. The van der Waals surface area contributed by atoms with Crippen molar-refractivity contribution in [3.8, 4) is 11.5 Å². The van der Waals surface area contributed by atoms with Gasteiger partial charge >= 0.3 is 0 Å². The summed E-state index contributed by atoms with van der Waals surface area (Å²) in [5, 5.41) is 0.559. The lowest BCUT2D eigenvalue weighted by Gasteiger charge is -2.09. The van der Waals surface area contributed by atoms with E-state index in [1.165, 1.54) is 24.3 Å². The molecule has 2 aromatic rings. The van der Waals surface area contributed by atoms with E-state index in [0.717, 1.165) is 11.1 Å². The molecule has 0 aliphatic rings. The summed E-state index contributed by atoms with van der Waals surface area (Å²) in [6.45, 7) is 1.82. The van der Waals surface area contributed by atoms with Gasteiger partial charge in [-0.25, -0.2) is 8.78 Å². The van der Waals surface area contributed by atoms with Gasteiger partial charge in [-0.15, -0.1) is 0 Å². The van der Waals surface area contributed by atoms with Crippen molar-refractivity contribution in [3.63, 3.8) is 0 Å². The molecule has 0 aliphatic heterocycles. The Bertz CT molecular complexity index is 570. The molecule has 0 atom stereocenters. The third-order valence-electron chi connectivity index (χ3n) is 2.46. The average molecular weight is 313 g/mol. The normalized spacial score (nSPS) is 10.4. The predicted octanol–water partition coefficient (Wildman–Crippen LogP) is 4.96. The van der Waals surface area contributed by atoms with E-state index in [1.54, 1.807) is 12.1 Å². The molecule has 2 aromatic carbocycles. The van der Waals surface area contributed by atoms with Crippen molar-refractivity contribution in [2.45, 2.75) is 12.3 Å². The highest BCUT2D eigenvalue weighted by molar-refractivity contribution is 9.08. The van der Waals surface area contributed by atoms with Crippen LogP contribution in [-0.2, 0) is 5.33 Å². The molecule has 94 valence electrons. The van der Waals surface area contributed by atoms with Gasteiger partial charge in [-0.1, -0.05) is 28.1 Å². The zero-order valence-corrected chi connectivity index (χ0v) is 11.3. The van der Waals surface area contributed by atoms with Crippen molar-refractivity contribution in [2.75, 3.05) is 0 Å². The second-order valence-electron chi connectivity index (χ2n) is 3.93. The summed E-state index contributed by atoms with van der Waals surface area (Å²) in [5.41, 5.74) is 1.65. The summed E-state index contributed by atoms with van der Waals surface area (Å²) in [6, 6.07) is 9.04. The van der Waals surface area contributed by atoms with E-state index < -0.39 is 11.6 Å². The van der Waals surface area contributed by atoms with Crippen LogP contribution in [0.25, 0.3) is 0 Å². The SMILES string of the molecule is Cc1ccc(F)c(Oc2ccc(CBr)cc2F)c1. The minimum atomic E-state index is -0.510. The second-order valence-corrected chi connectivity index (χ2v) is 4.50. The fraction of sp³-hybridized carbons (Fsp3) is 0.143. The van der Waals surface area contributed by atoms with Crippen LogP contribution < -0.4 is 4.74 Å². The Morgan fingerprint density at radius 1 is 1.00 bits per heavy atom. The van der Waals surface area contributed by atoms with Gasteiger partial charge in [-0.2, -0.15) is 0 Å². The van der Waals surface area contributed by atoms with Crippen LogP contribution in [-0.4, -0.2) is 0 Å². The van der Waals surface area contributed by atoms with E-state index in [1.807, 2.05) is 6.92 Å². The Hall–Kier alpha value is -1.42. The number of hydrogen-bond acceptors (Lipinski definition) is 1. The molecule has 0 N–H and O–H groups in total. The second kappa shape index (κ2) is 5.48. The van der Waals surface area contributed by atoms with Gasteiger partial charge in [0.2, 0.25) is 0 Å². The first-order valence-electron chi connectivity index (χ1n) is 5.38. The average Bonchev–Trinajstić information content (AvgIpc) is 2.36. The fourth-order valence-electron chi connectivity index (χ4n) is 1.52. The zero-order chi connectivity index (χ0) is 13.1. The van der Waals surface area contributed by atoms with Crippen molar-refractivity contribution < 1.29 is 13.5 Å². The summed E-state index contributed by atoms with van der Waals surface area (Å²) < 4.78 is 32.4. The molecule has 0 amide bonds. The largest absolute Gasteiger partial charge is 0.451 e. The van der Waals surface area contributed by atoms with E-state index >= 15 is 0 Å². The van der Waals surface area contributed by atoms with Gasteiger partial charge in [0.1, 0.15) is 0 Å². The van der Waals surface area contributed by atoms with Crippen molar-refractivity contribution in [3.05, 3.63) is 59.2 Å². The topological polar surface area (TPSA) is 9.23 Å². The first kappa shape index (κ1) is 13.0. The summed E-state index contributed by atoms with van der Waals surface area (Å²) in [6.07, 6.45) is 0. The number of aryl methyl sites for hydroxylation is 1. The molecule has 0 aromatic heterocycles. The van der Waals surface area contributed by atoms with Gasteiger partial charge in [-0.05, 0) is 42.3 Å². The Labute approximate surface area is 113 Å². The molecule has 0 fully saturated rings. The van der Waals surface area contributed by atoms with Gasteiger partial charge in [0.15, 0.2) is 23.1 Å². The highest BCUT2D eigenvalue weighted by Crippen LogP contribution is 2.28. The van der Waals surface area contributed by atoms with E-state index in [2.05, 4.69) is 15.9 Å². The molecule has 4 heteroatoms. The molecule has 0 radical (unpaired) electrons. The maximum Gasteiger partial charge on any atom is 0.166 e. The monoisotopic (exact) mass is 312 g/mol. The Morgan fingerprint density at radius 2 is 1.78 bits per heavy atom. The molecule has 2 rings (SSSR count). The van der Waals surface area contributed by atoms with Crippen LogP contribution in [0.4, 0.5) is 8.78 Å². The smallest absolute Gasteiger partial charge is 0.166 e. The summed E-state index contributed by atoms with van der Waals surface area (Å²) in [5.74, 6) is -0.970. The lowest BCUT2D eigenvalue weighted by Crippen LogP contribution is -1.93. The maximum absolute atomic E-state index is 13.7. The van der Waals surface area contributed by atoms with Crippen molar-refractivity contribution in [1.29, 1.82) is 0 Å². The van der Waals surface area contributed by atoms with Gasteiger partial charge in [0, 0.05) is 5.33 Å². The standard InChI is InChI=1S/C14H11BrF2O/c1-9-2-4-11(16)14(6-9)18-13-5-3-10(8-15)7-12(13)17/h2-7H,8H2,1H3. The molecule has 0 aliphatic carbocycles. The minimum Gasteiger partial charge on any atom is -0.451 e. The lowest BCUT2D eigenvalue weighted by atomic mass is 10.2. The molecule has 0 bridgehead atoms. The maximum atomic E-state index is 13.7. The predicted molar refractivity (Wildman–Crippen MR) is 70.2 cm³/mol. The van der Waals surface area contributed by atoms with Crippen LogP contribution >= 0.6 is 15.9 Å². The molecular formula is C14H11BrF2O. The number of hydrogen-bond donors (Lipinski definition) is 0. The summed E-state index contributed by atoms with van der Waals surface area (Å²) in [4.78, 5) is 0. The fourth-order valence-corrected chi connectivity index (χ4v) is 1.87. The summed E-state index contributed by atoms with van der Waals surface area (Å²) in [7, 11) is 0. The van der Waals surface area contributed by atoms with Crippen LogP contribution in [0.1, 0.15) is 11.1 Å². The zero-order valence-electron chi connectivity index (χ0n) is 9.71. The van der Waals surface area contributed by atoms with E-state index in [0.29, 0.717) is 5.33 Å². The van der Waals surface area contributed by atoms with Crippen LogP contribution in [0, 0.1) is 18.6 Å². The lowest BCUT2D eigenvalue weighted by molar-refractivity contribution is 0.414. The molecule has 0 spiro atoms. The Balaban J connectivity index is 2.31. The van der Waals surface area contributed by atoms with Gasteiger partial charge in [0.05, 0.1) is 0 Å². The molecule has 18 heavy (non-hydrogen) atoms.